The maximum atomic E-state index is 11.9. The van der Waals surface area contributed by atoms with Crippen LogP contribution in [0.25, 0.3) is 0 Å². The second-order valence-electron chi connectivity index (χ2n) is 4.61. The highest BCUT2D eigenvalue weighted by Crippen LogP contribution is 2.33. The van der Waals surface area contributed by atoms with E-state index in [1.807, 2.05) is 18.2 Å². The molecule has 0 aliphatic carbocycles. The molecular formula is C14H20N2O3. The molecule has 3 N–H and O–H groups in total. The van der Waals surface area contributed by atoms with Crippen molar-refractivity contribution in [2.45, 2.75) is 19.3 Å². The van der Waals surface area contributed by atoms with Gasteiger partial charge in [0.15, 0.2) is 6.61 Å². The van der Waals surface area contributed by atoms with E-state index in [9.17, 15) is 4.79 Å². The molecule has 0 atom stereocenters. The lowest BCUT2D eigenvalue weighted by Crippen LogP contribution is -2.39. The SMILES string of the molecule is NCCc1ccc2c(c1)N(CCCCO)C(=O)CO2. The van der Waals surface area contributed by atoms with Crippen LogP contribution in [0.5, 0.6) is 5.75 Å². The number of benzene rings is 1. The van der Waals surface area contributed by atoms with Crippen LogP contribution in [-0.2, 0) is 11.2 Å². The van der Waals surface area contributed by atoms with E-state index in [0.717, 1.165) is 29.8 Å². The largest absolute Gasteiger partial charge is 0.482 e. The zero-order valence-corrected chi connectivity index (χ0v) is 11.0. The second kappa shape index (κ2) is 6.54. The van der Waals surface area contributed by atoms with Gasteiger partial charge in [0, 0.05) is 13.2 Å². The van der Waals surface area contributed by atoms with Gasteiger partial charge in [-0.05, 0) is 43.5 Å². The Bertz CT molecular complexity index is 448. The van der Waals surface area contributed by atoms with E-state index in [1.54, 1.807) is 4.90 Å². The Morgan fingerprint density at radius 1 is 1.37 bits per heavy atom. The van der Waals surface area contributed by atoms with Crippen LogP contribution in [-0.4, -0.2) is 37.3 Å². The highest BCUT2D eigenvalue weighted by molar-refractivity contribution is 5.97. The third-order valence-electron chi connectivity index (χ3n) is 3.19. The van der Waals surface area contributed by atoms with Gasteiger partial charge < -0.3 is 20.5 Å². The van der Waals surface area contributed by atoms with Gasteiger partial charge in [-0.1, -0.05) is 6.07 Å². The molecule has 0 saturated heterocycles. The van der Waals surface area contributed by atoms with Gasteiger partial charge in [0.25, 0.3) is 5.91 Å². The summed E-state index contributed by atoms with van der Waals surface area (Å²) in [4.78, 5) is 13.7. The van der Waals surface area contributed by atoms with E-state index < -0.39 is 0 Å². The number of amides is 1. The number of aliphatic hydroxyl groups excluding tert-OH is 1. The van der Waals surface area contributed by atoms with Crippen LogP contribution in [0.1, 0.15) is 18.4 Å². The van der Waals surface area contributed by atoms with E-state index in [2.05, 4.69) is 0 Å². The average Bonchev–Trinajstić information content (AvgIpc) is 2.42. The summed E-state index contributed by atoms with van der Waals surface area (Å²) in [6.07, 6.45) is 2.26. The van der Waals surface area contributed by atoms with Crippen molar-refractivity contribution in [3.05, 3.63) is 23.8 Å². The van der Waals surface area contributed by atoms with Crippen LogP contribution in [0.4, 0.5) is 5.69 Å². The summed E-state index contributed by atoms with van der Waals surface area (Å²) in [6, 6.07) is 5.84. The number of hydrogen-bond acceptors (Lipinski definition) is 4. The summed E-state index contributed by atoms with van der Waals surface area (Å²) >= 11 is 0. The van der Waals surface area contributed by atoms with Gasteiger partial charge in [-0.2, -0.15) is 0 Å². The van der Waals surface area contributed by atoms with Gasteiger partial charge in [-0.25, -0.2) is 0 Å². The fraction of sp³-hybridized carbons (Fsp3) is 0.500. The Kier molecular flexibility index (Phi) is 4.76. The molecular weight excluding hydrogens is 244 g/mol. The molecule has 1 aromatic rings. The standard InChI is InChI=1S/C14H20N2O3/c15-6-5-11-3-4-13-12(9-11)16(7-1-2-8-17)14(18)10-19-13/h3-4,9,17H,1-2,5-8,10,15H2. The first-order valence-electron chi connectivity index (χ1n) is 6.63. The monoisotopic (exact) mass is 264 g/mol. The molecule has 0 saturated carbocycles. The molecule has 0 radical (unpaired) electrons. The van der Waals surface area contributed by atoms with Crippen molar-refractivity contribution < 1.29 is 14.6 Å². The minimum absolute atomic E-state index is 0.0321. The number of fused-ring (bicyclic) bond motifs is 1. The molecule has 5 nitrogen and oxygen atoms in total. The van der Waals surface area contributed by atoms with Crippen LogP contribution in [0.2, 0.25) is 0 Å². The van der Waals surface area contributed by atoms with Crippen LogP contribution in [0.15, 0.2) is 18.2 Å². The summed E-state index contributed by atoms with van der Waals surface area (Å²) in [5, 5.41) is 8.83. The lowest BCUT2D eigenvalue weighted by molar-refractivity contribution is -0.121. The fourth-order valence-corrected chi connectivity index (χ4v) is 2.20. The number of hydrogen-bond donors (Lipinski definition) is 2. The van der Waals surface area contributed by atoms with Crippen molar-refractivity contribution in [2.75, 3.05) is 31.2 Å². The topological polar surface area (TPSA) is 75.8 Å². The Balaban J connectivity index is 2.20. The normalized spacial score (nSPS) is 14.2. The van der Waals surface area contributed by atoms with Gasteiger partial charge in [0.1, 0.15) is 5.75 Å². The third-order valence-corrected chi connectivity index (χ3v) is 3.19. The molecule has 1 amide bonds. The number of nitrogens with two attached hydrogens (primary N) is 1. The lowest BCUT2D eigenvalue weighted by atomic mass is 10.1. The molecule has 1 aromatic carbocycles. The molecule has 104 valence electrons. The summed E-state index contributed by atoms with van der Waals surface area (Å²) in [7, 11) is 0. The first kappa shape index (κ1) is 13.8. The van der Waals surface area contributed by atoms with Gasteiger partial charge in [-0.15, -0.1) is 0 Å². The van der Waals surface area contributed by atoms with E-state index in [-0.39, 0.29) is 19.1 Å². The van der Waals surface area contributed by atoms with E-state index in [1.165, 1.54) is 0 Å². The summed E-state index contributed by atoms with van der Waals surface area (Å²) in [5.74, 6) is 0.708. The number of anilines is 1. The van der Waals surface area contributed by atoms with Gasteiger partial charge in [0.05, 0.1) is 5.69 Å². The number of ether oxygens (including phenoxy) is 1. The van der Waals surface area contributed by atoms with Crippen molar-refractivity contribution in [1.29, 1.82) is 0 Å². The van der Waals surface area contributed by atoms with E-state index in [4.69, 9.17) is 15.6 Å². The van der Waals surface area contributed by atoms with Crippen LogP contribution < -0.4 is 15.4 Å². The average molecular weight is 264 g/mol. The quantitative estimate of drug-likeness (QED) is 0.741. The van der Waals surface area contributed by atoms with Crippen LogP contribution >= 0.6 is 0 Å². The van der Waals surface area contributed by atoms with E-state index in [0.29, 0.717) is 19.5 Å². The first-order valence-corrected chi connectivity index (χ1v) is 6.63. The number of unbranched alkanes of at least 4 members (excludes halogenated alkanes) is 1. The molecule has 0 unspecified atom stereocenters. The molecule has 2 rings (SSSR count). The zero-order chi connectivity index (χ0) is 13.7. The van der Waals surface area contributed by atoms with Crippen molar-refractivity contribution in [3.8, 4) is 5.75 Å². The Hall–Kier alpha value is -1.59. The highest BCUT2D eigenvalue weighted by Gasteiger charge is 2.25. The van der Waals surface area contributed by atoms with Gasteiger partial charge >= 0.3 is 0 Å². The van der Waals surface area contributed by atoms with Crippen LogP contribution in [0.3, 0.4) is 0 Å². The predicted molar refractivity (Wildman–Crippen MR) is 73.4 cm³/mol. The fourth-order valence-electron chi connectivity index (χ4n) is 2.20. The van der Waals surface area contributed by atoms with Gasteiger partial charge in [-0.3, -0.25) is 4.79 Å². The molecule has 1 aliphatic rings. The van der Waals surface area contributed by atoms with E-state index >= 15 is 0 Å². The number of carbonyl (C=O) groups is 1. The Morgan fingerprint density at radius 2 is 2.21 bits per heavy atom. The number of carbonyl (C=O) groups excluding carboxylic acids is 1. The van der Waals surface area contributed by atoms with Crippen LogP contribution in [0, 0.1) is 0 Å². The minimum Gasteiger partial charge on any atom is -0.482 e. The Labute approximate surface area is 113 Å². The van der Waals surface area contributed by atoms with Crippen molar-refractivity contribution in [2.24, 2.45) is 5.73 Å². The highest BCUT2D eigenvalue weighted by atomic mass is 16.5. The second-order valence-corrected chi connectivity index (χ2v) is 4.61. The molecule has 5 heteroatoms. The third kappa shape index (κ3) is 3.24. The van der Waals surface area contributed by atoms with Crippen molar-refractivity contribution in [3.63, 3.8) is 0 Å². The minimum atomic E-state index is -0.0321. The molecule has 19 heavy (non-hydrogen) atoms. The Morgan fingerprint density at radius 3 is 2.95 bits per heavy atom. The summed E-state index contributed by atoms with van der Waals surface area (Å²) in [6.45, 7) is 1.43. The summed E-state index contributed by atoms with van der Waals surface area (Å²) in [5.41, 5.74) is 7.48. The van der Waals surface area contributed by atoms with Crippen molar-refractivity contribution in [1.82, 2.24) is 0 Å². The zero-order valence-electron chi connectivity index (χ0n) is 11.0. The predicted octanol–water partition coefficient (Wildman–Crippen LogP) is 0.686. The molecule has 0 aromatic heterocycles. The molecule has 0 fully saturated rings. The maximum Gasteiger partial charge on any atom is 0.265 e. The number of rotatable bonds is 6. The lowest BCUT2D eigenvalue weighted by Gasteiger charge is -2.29. The maximum absolute atomic E-state index is 11.9. The summed E-state index contributed by atoms with van der Waals surface area (Å²) < 4.78 is 5.43. The number of nitrogens with zero attached hydrogens (tertiary/aromatic N) is 1. The molecule has 1 aliphatic heterocycles. The smallest absolute Gasteiger partial charge is 0.265 e. The molecule has 1 heterocycles. The number of aliphatic hydroxyl groups is 1. The first-order chi connectivity index (χ1) is 9.26. The molecule has 0 bridgehead atoms. The van der Waals surface area contributed by atoms with Crippen molar-refractivity contribution >= 4 is 11.6 Å². The molecule has 0 spiro atoms. The van der Waals surface area contributed by atoms with Gasteiger partial charge in [0.2, 0.25) is 0 Å².